The molecule has 1 heterocycles. The van der Waals surface area contributed by atoms with Crippen LogP contribution < -0.4 is 0 Å². The zero-order chi connectivity index (χ0) is 12.5. The number of alkyl halides is 3. The van der Waals surface area contributed by atoms with Crippen molar-refractivity contribution in [3.05, 3.63) is 35.6 Å². The van der Waals surface area contributed by atoms with Gasteiger partial charge >= 0.3 is 6.18 Å². The molecule has 2 rings (SSSR count). The summed E-state index contributed by atoms with van der Waals surface area (Å²) in [6, 6.07) is 0. The minimum Gasteiger partial charge on any atom is -0.353 e. The number of rotatable bonds is 2. The topological polar surface area (TPSA) is 12.5 Å². The highest BCUT2D eigenvalue weighted by atomic mass is 19.4. The molecule has 2 nitrogen and oxygen atoms in total. The second-order valence-electron chi connectivity index (χ2n) is 4.12. The van der Waals surface area contributed by atoms with E-state index in [1.165, 1.54) is 11.1 Å². The normalized spacial score (nSPS) is 21.8. The molecule has 94 valence electrons. The van der Waals surface area contributed by atoms with Gasteiger partial charge in [0.05, 0.1) is 0 Å². The molecule has 1 atom stereocenters. The molecule has 1 unspecified atom stereocenters. The lowest BCUT2D eigenvalue weighted by Crippen LogP contribution is -2.45. The Morgan fingerprint density at radius 2 is 2.12 bits per heavy atom. The number of allylic oxidation sites excluding steroid dienone is 4. The highest BCUT2D eigenvalue weighted by molar-refractivity contribution is 5.41. The van der Waals surface area contributed by atoms with E-state index in [4.69, 9.17) is 0 Å². The van der Waals surface area contributed by atoms with E-state index in [-0.39, 0.29) is 6.54 Å². The van der Waals surface area contributed by atoms with Crippen molar-refractivity contribution in [3.63, 3.8) is 0 Å². The fraction of sp³-hybridized carbons (Fsp3) is 0.500. The molecule has 0 aromatic rings. The van der Waals surface area contributed by atoms with Gasteiger partial charge in [-0.25, -0.2) is 0 Å². The van der Waals surface area contributed by atoms with Crippen LogP contribution in [0.25, 0.3) is 0 Å². The molecule has 0 radical (unpaired) electrons. The summed E-state index contributed by atoms with van der Waals surface area (Å²) in [7, 11) is 1.08. The van der Waals surface area contributed by atoms with Crippen molar-refractivity contribution in [1.82, 2.24) is 4.90 Å². The van der Waals surface area contributed by atoms with Crippen molar-refractivity contribution in [2.45, 2.75) is 25.2 Å². The molecule has 0 aromatic carbocycles. The van der Waals surface area contributed by atoms with Crippen molar-refractivity contribution in [2.75, 3.05) is 13.7 Å². The average Bonchev–Trinajstić information content (AvgIpc) is 2.28. The fourth-order valence-electron chi connectivity index (χ4n) is 2.14. The van der Waals surface area contributed by atoms with E-state index < -0.39 is 12.4 Å². The second-order valence-corrected chi connectivity index (χ2v) is 4.12. The molecule has 0 amide bonds. The van der Waals surface area contributed by atoms with E-state index in [9.17, 15) is 13.2 Å². The third kappa shape index (κ3) is 2.54. The number of nitrogens with zero attached hydrogens (tertiary/aromatic N) is 1. The van der Waals surface area contributed by atoms with Crippen LogP contribution in [0.3, 0.4) is 0 Å². The lowest BCUT2D eigenvalue weighted by Gasteiger charge is -2.34. The first-order chi connectivity index (χ1) is 8.02. The minimum absolute atomic E-state index is 0.286. The van der Waals surface area contributed by atoms with Crippen LogP contribution in [0.4, 0.5) is 13.2 Å². The van der Waals surface area contributed by atoms with Gasteiger partial charge in [-0.3, -0.25) is 0 Å². The van der Waals surface area contributed by atoms with Crippen LogP contribution in [0.1, 0.15) is 12.8 Å². The molecule has 0 N–H and O–H groups in total. The molecule has 17 heavy (non-hydrogen) atoms. The fourth-order valence-corrected chi connectivity index (χ4v) is 2.14. The van der Waals surface area contributed by atoms with Crippen molar-refractivity contribution in [2.24, 2.45) is 0 Å². The van der Waals surface area contributed by atoms with E-state index >= 15 is 0 Å². The van der Waals surface area contributed by atoms with Crippen LogP contribution in [0.2, 0.25) is 0 Å². The van der Waals surface area contributed by atoms with Crippen LogP contribution in [0.5, 0.6) is 0 Å². The molecule has 0 fully saturated rings. The zero-order valence-electron chi connectivity index (χ0n) is 9.50. The van der Waals surface area contributed by atoms with Crippen LogP contribution >= 0.6 is 0 Å². The predicted molar refractivity (Wildman–Crippen MR) is 58.1 cm³/mol. The first kappa shape index (κ1) is 12.2. The van der Waals surface area contributed by atoms with Gasteiger partial charge in [-0.1, -0.05) is 12.2 Å². The first-order valence-corrected chi connectivity index (χ1v) is 5.44. The van der Waals surface area contributed by atoms with Crippen molar-refractivity contribution in [3.8, 4) is 0 Å². The van der Waals surface area contributed by atoms with Gasteiger partial charge < -0.3 is 9.64 Å². The number of hydrogen-bond acceptors (Lipinski definition) is 2. The van der Waals surface area contributed by atoms with Crippen molar-refractivity contribution < 1.29 is 17.9 Å². The van der Waals surface area contributed by atoms with E-state index in [1.807, 2.05) is 12.2 Å². The molecular weight excluding hydrogens is 231 g/mol. The maximum Gasteiger partial charge on any atom is 0.433 e. The van der Waals surface area contributed by atoms with Crippen LogP contribution in [0.15, 0.2) is 35.6 Å². The van der Waals surface area contributed by atoms with Gasteiger partial charge in [0, 0.05) is 19.9 Å². The maximum atomic E-state index is 12.7. The highest BCUT2D eigenvalue weighted by Crippen LogP contribution is 2.31. The lowest BCUT2D eigenvalue weighted by molar-refractivity contribution is -0.250. The SMILES string of the molecule is COC(N1C=CC2=C(CCC=C2)C1)C(F)(F)F. The Morgan fingerprint density at radius 1 is 1.35 bits per heavy atom. The van der Waals surface area contributed by atoms with E-state index in [1.54, 1.807) is 6.08 Å². The van der Waals surface area contributed by atoms with Crippen molar-refractivity contribution >= 4 is 0 Å². The third-order valence-electron chi connectivity index (χ3n) is 2.94. The second kappa shape index (κ2) is 4.56. The Hall–Kier alpha value is -1.23. The third-order valence-corrected chi connectivity index (χ3v) is 2.94. The molecule has 0 saturated heterocycles. The van der Waals surface area contributed by atoms with Gasteiger partial charge in [-0.05, 0) is 30.1 Å². The average molecular weight is 245 g/mol. The Labute approximate surface area is 98.0 Å². The van der Waals surface area contributed by atoms with Gasteiger partial charge in [0.15, 0.2) is 0 Å². The summed E-state index contributed by atoms with van der Waals surface area (Å²) in [5.74, 6) is 0. The quantitative estimate of drug-likeness (QED) is 0.741. The standard InChI is InChI=1S/C12H14F3NO/c1-17-11(12(13,14)15)16-7-6-9-4-2-3-5-10(9)8-16/h2,4,6-7,11H,3,5,8H2,1H3. The van der Waals surface area contributed by atoms with E-state index in [0.717, 1.165) is 31.1 Å². The Kier molecular flexibility index (Phi) is 3.28. The molecular formula is C12H14F3NO. The molecule has 0 aromatic heterocycles. The lowest BCUT2D eigenvalue weighted by atomic mass is 9.95. The van der Waals surface area contributed by atoms with E-state index in [0.29, 0.717) is 0 Å². The Balaban J connectivity index is 2.14. The summed E-state index contributed by atoms with van der Waals surface area (Å²) < 4.78 is 42.6. The summed E-state index contributed by atoms with van der Waals surface area (Å²) in [6.45, 7) is 0.286. The number of methoxy groups -OCH3 is 1. The summed E-state index contributed by atoms with van der Waals surface area (Å²) in [5.41, 5.74) is 2.07. The van der Waals surface area contributed by atoms with Crippen molar-refractivity contribution in [1.29, 1.82) is 0 Å². The van der Waals surface area contributed by atoms with Gasteiger partial charge in [-0.2, -0.15) is 13.2 Å². The summed E-state index contributed by atoms with van der Waals surface area (Å²) in [4.78, 5) is 1.19. The molecule has 1 aliphatic heterocycles. The molecule has 0 spiro atoms. The zero-order valence-corrected chi connectivity index (χ0v) is 9.50. The minimum atomic E-state index is -4.37. The van der Waals surface area contributed by atoms with Gasteiger partial charge in [0.25, 0.3) is 0 Å². The number of ether oxygens (including phenoxy) is 1. The smallest absolute Gasteiger partial charge is 0.353 e. The summed E-state index contributed by atoms with van der Waals surface area (Å²) in [6.07, 6.45) is 2.65. The molecule has 1 aliphatic carbocycles. The monoisotopic (exact) mass is 245 g/mol. The molecule has 5 heteroatoms. The van der Waals surface area contributed by atoms with Gasteiger partial charge in [0.1, 0.15) is 0 Å². The number of halogens is 3. The van der Waals surface area contributed by atoms with Gasteiger partial charge in [-0.15, -0.1) is 0 Å². The highest BCUT2D eigenvalue weighted by Gasteiger charge is 2.44. The largest absolute Gasteiger partial charge is 0.433 e. The van der Waals surface area contributed by atoms with E-state index in [2.05, 4.69) is 4.74 Å². The summed E-state index contributed by atoms with van der Waals surface area (Å²) >= 11 is 0. The van der Waals surface area contributed by atoms with Crippen LogP contribution in [-0.4, -0.2) is 31.0 Å². The molecule has 2 aliphatic rings. The maximum absolute atomic E-state index is 12.7. The number of hydrogen-bond donors (Lipinski definition) is 0. The molecule has 0 saturated carbocycles. The summed E-state index contributed by atoms with van der Waals surface area (Å²) in [5, 5.41) is 0. The predicted octanol–water partition coefficient (Wildman–Crippen LogP) is 3.00. The van der Waals surface area contributed by atoms with Crippen LogP contribution in [-0.2, 0) is 4.74 Å². The van der Waals surface area contributed by atoms with Gasteiger partial charge in [0.2, 0.25) is 6.23 Å². The van der Waals surface area contributed by atoms with Crippen LogP contribution in [0, 0.1) is 0 Å². The molecule has 0 bridgehead atoms. The first-order valence-electron chi connectivity index (χ1n) is 5.44. The Bertz CT molecular complexity index is 382. The Morgan fingerprint density at radius 3 is 2.76 bits per heavy atom.